The van der Waals surface area contributed by atoms with E-state index in [-0.39, 0.29) is 0 Å². The fourth-order valence-electron chi connectivity index (χ4n) is 2.13. The van der Waals surface area contributed by atoms with Crippen LogP contribution in [0.1, 0.15) is 24.2 Å². The van der Waals surface area contributed by atoms with Crippen molar-refractivity contribution < 1.29 is 19.3 Å². The Labute approximate surface area is 127 Å². The lowest BCUT2D eigenvalue weighted by Gasteiger charge is -2.23. The second-order valence-corrected chi connectivity index (χ2v) is 5.01. The minimum atomic E-state index is -0.485. The first-order valence-corrected chi connectivity index (χ1v) is 7.17. The molecule has 0 bridgehead atoms. The topological polar surface area (TPSA) is 51.2 Å². The predicted molar refractivity (Wildman–Crippen MR) is 82.7 cm³/mol. The first-order valence-electron chi connectivity index (χ1n) is 7.17. The lowest BCUT2D eigenvalue weighted by Crippen LogP contribution is -2.30. The summed E-state index contributed by atoms with van der Waals surface area (Å²) < 4.78 is 15.7. The van der Waals surface area contributed by atoms with E-state index in [1.165, 1.54) is 0 Å². The Morgan fingerprint density at radius 2 is 1.71 bits per heavy atom. The van der Waals surface area contributed by atoms with Crippen LogP contribution in [-0.4, -0.2) is 57.6 Å². The molecule has 0 aromatic heterocycles. The van der Waals surface area contributed by atoms with Crippen molar-refractivity contribution in [3.8, 4) is 5.75 Å². The van der Waals surface area contributed by atoms with E-state index >= 15 is 0 Å². The van der Waals surface area contributed by atoms with Gasteiger partial charge in [0, 0.05) is 39.4 Å². The summed E-state index contributed by atoms with van der Waals surface area (Å²) in [5.41, 5.74) is 1.95. The van der Waals surface area contributed by atoms with Crippen LogP contribution in [0.3, 0.4) is 0 Å². The first kappa shape index (κ1) is 17.9. The summed E-state index contributed by atoms with van der Waals surface area (Å²) in [6, 6.07) is 5.79. The van der Waals surface area contributed by atoms with Crippen LogP contribution in [0.25, 0.3) is 0 Å². The lowest BCUT2D eigenvalue weighted by molar-refractivity contribution is 0.109. The van der Waals surface area contributed by atoms with Crippen molar-refractivity contribution in [2.75, 3.05) is 47.6 Å². The average Bonchev–Trinajstić information content (AvgIpc) is 2.49. The van der Waals surface area contributed by atoms with Gasteiger partial charge in [-0.2, -0.15) is 0 Å². The van der Waals surface area contributed by atoms with Gasteiger partial charge in [0.25, 0.3) is 0 Å². The number of hydrogen-bond donors (Lipinski definition) is 1. The van der Waals surface area contributed by atoms with E-state index in [4.69, 9.17) is 14.2 Å². The van der Waals surface area contributed by atoms with Gasteiger partial charge >= 0.3 is 0 Å². The number of aliphatic hydroxyl groups is 1. The first-order chi connectivity index (χ1) is 10.1. The Morgan fingerprint density at radius 3 is 2.19 bits per heavy atom. The molecule has 0 radical (unpaired) electrons. The summed E-state index contributed by atoms with van der Waals surface area (Å²) in [5.74, 6) is 0.833. The van der Waals surface area contributed by atoms with Crippen LogP contribution in [0.15, 0.2) is 18.2 Å². The molecular formula is C16H27NO4. The molecule has 1 atom stereocenters. The Bertz CT molecular complexity index is 401. The maximum absolute atomic E-state index is 9.73. The fourth-order valence-corrected chi connectivity index (χ4v) is 2.13. The number of ether oxygens (including phenoxy) is 3. The quantitative estimate of drug-likeness (QED) is 0.714. The van der Waals surface area contributed by atoms with Crippen molar-refractivity contribution in [1.82, 2.24) is 4.90 Å². The summed E-state index contributed by atoms with van der Waals surface area (Å²) in [6.45, 7) is 5.48. The molecule has 21 heavy (non-hydrogen) atoms. The molecule has 0 aliphatic carbocycles. The van der Waals surface area contributed by atoms with Gasteiger partial charge in [0.1, 0.15) is 5.75 Å². The molecule has 120 valence electrons. The normalized spacial score (nSPS) is 12.7. The molecule has 0 spiro atoms. The molecule has 0 heterocycles. The van der Waals surface area contributed by atoms with Gasteiger partial charge in [-0.3, -0.25) is 4.90 Å². The highest BCUT2D eigenvalue weighted by molar-refractivity contribution is 5.38. The number of nitrogens with zero attached hydrogens (tertiary/aromatic N) is 1. The maximum atomic E-state index is 9.73. The highest BCUT2D eigenvalue weighted by Gasteiger charge is 2.12. The molecule has 1 rings (SSSR count). The van der Waals surface area contributed by atoms with Gasteiger partial charge in [-0.05, 0) is 24.6 Å². The van der Waals surface area contributed by atoms with Crippen LogP contribution in [0.4, 0.5) is 0 Å². The van der Waals surface area contributed by atoms with Gasteiger partial charge in [-0.15, -0.1) is 0 Å². The zero-order chi connectivity index (χ0) is 15.7. The number of benzene rings is 1. The molecule has 1 unspecified atom stereocenters. The van der Waals surface area contributed by atoms with Crippen molar-refractivity contribution in [2.24, 2.45) is 0 Å². The summed E-state index contributed by atoms with van der Waals surface area (Å²) in [6.07, 6.45) is -0.485. The minimum Gasteiger partial charge on any atom is -0.496 e. The molecule has 5 nitrogen and oxygen atoms in total. The molecular weight excluding hydrogens is 270 g/mol. The number of rotatable bonds is 10. The average molecular weight is 297 g/mol. The van der Waals surface area contributed by atoms with Crippen LogP contribution >= 0.6 is 0 Å². The third-order valence-corrected chi connectivity index (χ3v) is 3.40. The molecule has 0 saturated carbocycles. The number of methoxy groups -OCH3 is 3. The van der Waals surface area contributed by atoms with Gasteiger partial charge in [0.2, 0.25) is 0 Å². The number of aliphatic hydroxyl groups excluding tert-OH is 1. The Morgan fingerprint density at radius 1 is 1.10 bits per heavy atom. The minimum absolute atomic E-state index is 0.485. The van der Waals surface area contributed by atoms with Gasteiger partial charge in [-0.25, -0.2) is 0 Å². The van der Waals surface area contributed by atoms with Crippen LogP contribution in [-0.2, 0) is 16.0 Å². The molecule has 1 aromatic carbocycles. The lowest BCUT2D eigenvalue weighted by atomic mass is 10.1. The van der Waals surface area contributed by atoms with Crippen molar-refractivity contribution in [3.05, 3.63) is 29.3 Å². The van der Waals surface area contributed by atoms with E-state index < -0.39 is 6.10 Å². The zero-order valence-electron chi connectivity index (χ0n) is 13.5. The summed E-state index contributed by atoms with van der Waals surface area (Å²) in [4.78, 5) is 2.25. The van der Waals surface area contributed by atoms with Gasteiger partial charge < -0.3 is 19.3 Å². The smallest absolute Gasteiger partial charge is 0.123 e. The SMILES string of the molecule is COCCN(CCOC)Cc1cc(C(C)O)ccc1OC. The summed E-state index contributed by atoms with van der Waals surface area (Å²) >= 11 is 0. The van der Waals surface area contributed by atoms with Crippen LogP contribution in [0.2, 0.25) is 0 Å². The van der Waals surface area contributed by atoms with E-state index in [0.717, 1.165) is 36.5 Å². The highest BCUT2D eigenvalue weighted by atomic mass is 16.5. The predicted octanol–water partition coefficient (Wildman–Crippen LogP) is 1.84. The fraction of sp³-hybridized carbons (Fsp3) is 0.625. The summed E-state index contributed by atoms with van der Waals surface area (Å²) in [5, 5.41) is 9.73. The molecule has 1 N–H and O–H groups in total. The monoisotopic (exact) mass is 297 g/mol. The molecule has 0 aliphatic heterocycles. The molecule has 1 aromatic rings. The van der Waals surface area contributed by atoms with Gasteiger partial charge in [0.05, 0.1) is 26.4 Å². The number of hydrogen-bond acceptors (Lipinski definition) is 5. The van der Waals surface area contributed by atoms with Gasteiger partial charge in [-0.1, -0.05) is 6.07 Å². The molecule has 0 fully saturated rings. The second-order valence-electron chi connectivity index (χ2n) is 5.01. The van der Waals surface area contributed by atoms with E-state index in [9.17, 15) is 5.11 Å². The van der Waals surface area contributed by atoms with Crippen molar-refractivity contribution in [1.29, 1.82) is 0 Å². The summed E-state index contributed by atoms with van der Waals surface area (Å²) in [7, 11) is 5.06. The Hall–Kier alpha value is -1.14. The van der Waals surface area contributed by atoms with Crippen molar-refractivity contribution in [3.63, 3.8) is 0 Å². The third kappa shape index (κ3) is 6.01. The van der Waals surface area contributed by atoms with E-state index in [2.05, 4.69) is 4.90 Å². The standard InChI is InChI=1S/C16H27NO4/c1-13(18)14-5-6-16(21-4)15(11-14)12-17(7-9-19-2)8-10-20-3/h5-6,11,13,18H,7-10,12H2,1-4H3. The van der Waals surface area contributed by atoms with Gasteiger partial charge in [0.15, 0.2) is 0 Å². The van der Waals surface area contributed by atoms with E-state index in [0.29, 0.717) is 13.2 Å². The van der Waals surface area contributed by atoms with E-state index in [1.54, 1.807) is 28.3 Å². The van der Waals surface area contributed by atoms with Crippen LogP contribution < -0.4 is 4.74 Å². The molecule has 0 amide bonds. The second kappa shape index (κ2) is 9.73. The zero-order valence-corrected chi connectivity index (χ0v) is 13.5. The van der Waals surface area contributed by atoms with Crippen LogP contribution in [0, 0.1) is 0 Å². The Kier molecular flexibility index (Phi) is 8.30. The van der Waals surface area contributed by atoms with Crippen LogP contribution in [0.5, 0.6) is 5.75 Å². The maximum Gasteiger partial charge on any atom is 0.123 e. The van der Waals surface area contributed by atoms with Crippen molar-refractivity contribution >= 4 is 0 Å². The van der Waals surface area contributed by atoms with E-state index in [1.807, 2.05) is 18.2 Å². The Balaban J connectivity index is 2.85. The molecule has 0 aliphatic rings. The molecule has 5 heteroatoms. The molecule has 0 saturated heterocycles. The highest BCUT2D eigenvalue weighted by Crippen LogP contribution is 2.24. The largest absolute Gasteiger partial charge is 0.496 e. The third-order valence-electron chi connectivity index (χ3n) is 3.40. The van der Waals surface area contributed by atoms with Crippen molar-refractivity contribution in [2.45, 2.75) is 19.6 Å².